The number of rotatable bonds is 5. The van der Waals surface area contributed by atoms with Gasteiger partial charge < -0.3 is 10.6 Å². The van der Waals surface area contributed by atoms with Crippen molar-refractivity contribution in [2.45, 2.75) is 13.8 Å². The number of nitrogens with zero attached hydrogens (tertiary/aromatic N) is 1. The summed E-state index contributed by atoms with van der Waals surface area (Å²) in [6.45, 7) is 4.82. The Bertz CT molecular complexity index is 466. The first-order valence-electron chi connectivity index (χ1n) is 5.73. The van der Waals surface area contributed by atoms with Crippen LogP contribution in [0.25, 0.3) is 0 Å². The second kappa shape index (κ2) is 6.87. The van der Waals surface area contributed by atoms with Crippen molar-refractivity contribution in [3.05, 3.63) is 28.8 Å². The standard InChI is InChI=1S/C13H16ClN3O/c1-9(2)7-17-13(18)8-16-12-5-11(14)4-3-10(12)6-15/h3-5,9,16H,7-8H2,1-2H3,(H,17,18). The lowest BCUT2D eigenvalue weighted by Gasteiger charge is -2.10. The highest BCUT2D eigenvalue weighted by Crippen LogP contribution is 2.19. The van der Waals surface area contributed by atoms with Crippen LogP contribution in [0, 0.1) is 17.2 Å². The molecule has 0 saturated carbocycles. The average molecular weight is 266 g/mol. The van der Waals surface area contributed by atoms with Gasteiger partial charge in [0.05, 0.1) is 17.8 Å². The summed E-state index contributed by atoms with van der Waals surface area (Å²) in [6, 6.07) is 6.94. The molecule has 0 spiro atoms. The van der Waals surface area contributed by atoms with Crippen LogP contribution in [0.3, 0.4) is 0 Å². The molecule has 0 aliphatic heterocycles. The Morgan fingerprint density at radius 3 is 2.83 bits per heavy atom. The summed E-state index contributed by atoms with van der Waals surface area (Å²) in [7, 11) is 0. The topological polar surface area (TPSA) is 64.9 Å². The third kappa shape index (κ3) is 4.64. The number of nitriles is 1. The van der Waals surface area contributed by atoms with Crippen molar-refractivity contribution in [1.82, 2.24) is 5.32 Å². The van der Waals surface area contributed by atoms with E-state index in [-0.39, 0.29) is 12.5 Å². The number of nitrogens with one attached hydrogen (secondary N) is 2. The molecule has 0 radical (unpaired) electrons. The molecule has 0 fully saturated rings. The molecule has 0 atom stereocenters. The Morgan fingerprint density at radius 1 is 1.50 bits per heavy atom. The van der Waals surface area contributed by atoms with Crippen molar-refractivity contribution in [2.75, 3.05) is 18.4 Å². The van der Waals surface area contributed by atoms with Crippen molar-refractivity contribution in [3.63, 3.8) is 0 Å². The van der Waals surface area contributed by atoms with Gasteiger partial charge in [-0.05, 0) is 24.1 Å². The van der Waals surface area contributed by atoms with Crippen LogP contribution in [0.5, 0.6) is 0 Å². The van der Waals surface area contributed by atoms with Gasteiger partial charge in [0.15, 0.2) is 0 Å². The highest BCUT2D eigenvalue weighted by Gasteiger charge is 2.06. The summed E-state index contributed by atoms with van der Waals surface area (Å²) in [4.78, 5) is 11.5. The van der Waals surface area contributed by atoms with Crippen molar-refractivity contribution >= 4 is 23.2 Å². The molecule has 18 heavy (non-hydrogen) atoms. The fourth-order valence-electron chi connectivity index (χ4n) is 1.32. The minimum atomic E-state index is -0.104. The van der Waals surface area contributed by atoms with E-state index >= 15 is 0 Å². The molecular weight excluding hydrogens is 250 g/mol. The van der Waals surface area contributed by atoms with Crippen LogP contribution in [-0.4, -0.2) is 19.0 Å². The zero-order valence-corrected chi connectivity index (χ0v) is 11.2. The van der Waals surface area contributed by atoms with Gasteiger partial charge in [0.1, 0.15) is 6.07 Å². The Balaban J connectivity index is 2.55. The van der Waals surface area contributed by atoms with Gasteiger partial charge in [0, 0.05) is 11.6 Å². The number of carbonyl (C=O) groups is 1. The molecular formula is C13H16ClN3O. The number of benzene rings is 1. The second-order valence-corrected chi connectivity index (χ2v) is 4.79. The third-order valence-corrected chi connectivity index (χ3v) is 2.48. The molecule has 2 N–H and O–H groups in total. The van der Waals surface area contributed by atoms with E-state index in [0.29, 0.717) is 28.7 Å². The number of carbonyl (C=O) groups excluding carboxylic acids is 1. The van der Waals surface area contributed by atoms with Crippen molar-refractivity contribution in [1.29, 1.82) is 5.26 Å². The Morgan fingerprint density at radius 2 is 2.22 bits per heavy atom. The number of hydrogen-bond donors (Lipinski definition) is 2. The highest BCUT2D eigenvalue weighted by atomic mass is 35.5. The van der Waals surface area contributed by atoms with E-state index in [0.717, 1.165) is 0 Å². The maximum Gasteiger partial charge on any atom is 0.239 e. The van der Waals surface area contributed by atoms with E-state index in [2.05, 4.69) is 10.6 Å². The van der Waals surface area contributed by atoms with Crippen LogP contribution in [0.2, 0.25) is 5.02 Å². The summed E-state index contributed by atoms with van der Waals surface area (Å²) in [5, 5.41) is 15.1. The molecule has 0 heterocycles. The molecule has 1 rings (SSSR count). The monoisotopic (exact) mass is 265 g/mol. The van der Waals surface area contributed by atoms with Crippen molar-refractivity contribution < 1.29 is 4.79 Å². The summed E-state index contributed by atoms with van der Waals surface area (Å²) < 4.78 is 0. The maximum absolute atomic E-state index is 11.5. The van der Waals surface area contributed by atoms with E-state index < -0.39 is 0 Å². The summed E-state index contributed by atoms with van der Waals surface area (Å²) in [5.41, 5.74) is 1.04. The van der Waals surface area contributed by atoms with Crippen LogP contribution >= 0.6 is 11.6 Å². The lowest BCUT2D eigenvalue weighted by molar-refractivity contribution is -0.119. The average Bonchev–Trinajstić information content (AvgIpc) is 2.34. The predicted octanol–water partition coefficient (Wildman–Crippen LogP) is 2.40. The molecule has 1 aromatic carbocycles. The lowest BCUT2D eigenvalue weighted by atomic mass is 10.2. The Hall–Kier alpha value is -1.73. The predicted molar refractivity (Wildman–Crippen MR) is 72.5 cm³/mol. The minimum Gasteiger partial charge on any atom is -0.375 e. The van der Waals surface area contributed by atoms with Crippen LogP contribution in [0.15, 0.2) is 18.2 Å². The van der Waals surface area contributed by atoms with Crippen molar-refractivity contribution in [2.24, 2.45) is 5.92 Å². The molecule has 1 aromatic rings. The van der Waals surface area contributed by atoms with E-state index in [1.54, 1.807) is 18.2 Å². The first kappa shape index (κ1) is 14.3. The van der Waals surface area contributed by atoms with E-state index in [4.69, 9.17) is 16.9 Å². The molecule has 5 heteroatoms. The lowest BCUT2D eigenvalue weighted by Crippen LogP contribution is -2.32. The number of halogens is 1. The van der Waals surface area contributed by atoms with Gasteiger partial charge in [-0.3, -0.25) is 4.79 Å². The van der Waals surface area contributed by atoms with Crippen LogP contribution in [0.4, 0.5) is 5.69 Å². The molecule has 1 amide bonds. The van der Waals surface area contributed by atoms with Crippen LogP contribution < -0.4 is 10.6 Å². The smallest absolute Gasteiger partial charge is 0.239 e. The molecule has 0 saturated heterocycles. The zero-order chi connectivity index (χ0) is 13.5. The van der Waals surface area contributed by atoms with E-state index in [9.17, 15) is 4.79 Å². The highest BCUT2D eigenvalue weighted by molar-refractivity contribution is 6.30. The van der Waals surface area contributed by atoms with Crippen molar-refractivity contribution in [3.8, 4) is 6.07 Å². The number of hydrogen-bond acceptors (Lipinski definition) is 3. The second-order valence-electron chi connectivity index (χ2n) is 4.35. The molecule has 0 bridgehead atoms. The normalized spacial score (nSPS) is 9.94. The summed E-state index contributed by atoms with van der Waals surface area (Å²) in [5.74, 6) is 0.308. The van der Waals surface area contributed by atoms with Crippen LogP contribution in [-0.2, 0) is 4.79 Å². The quantitative estimate of drug-likeness (QED) is 0.859. The fourth-order valence-corrected chi connectivity index (χ4v) is 1.49. The summed E-state index contributed by atoms with van der Waals surface area (Å²) in [6.07, 6.45) is 0. The van der Waals surface area contributed by atoms with Gasteiger partial charge in [-0.15, -0.1) is 0 Å². The van der Waals surface area contributed by atoms with Gasteiger partial charge in [0.2, 0.25) is 5.91 Å². The van der Waals surface area contributed by atoms with Gasteiger partial charge in [-0.1, -0.05) is 25.4 Å². The summed E-state index contributed by atoms with van der Waals surface area (Å²) >= 11 is 5.84. The largest absolute Gasteiger partial charge is 0.375 e. The van der Waals surface area contributed by atoms with Gasteiger partial charge in [0.25, 0.3) is 0 Å². The fraction of sp³-hybridized carbons (Fsp3) is 0.385. The molecule has 0 aromatic heterocycles. The molecule has 96 valence electrons. The third-order valence-electron chi connectivity index (χ3n) is 2.25. The molecule has 4 nitrogen and oxygen atoms in total. The number of amides is 1. The van der Waals surface area contributed by atoms with E-state index in [1.807, 2.05) is 19.9 Å². The van der Waals surface area contributed by atoms with Gasteiger partial charge >= 0.3 is 0 Å². The Kier molecular flexibility index (Phi) is 5.47. The molecule has 0 aliphatic carbocycles. The number of anilines is 1. The first-order chi connectivity index (χ1) is 8.52. The van der Waals surface area contributed by atoms with Gasteiger partial charge in [-0.25, -0.2) is 0 Å². The first-order valence-corrected chi connectivity index (χ1v) is 6.11. The maximum atomic E-state index is 11.5. The Labute approximate surface area is 112 Å². The molecule has 0 aliphatic rings. The minimum absolute atomic E-state index is 0.104. The molecule has 0 unspecified atom stereocenters. The van der Waals surface area contributed by atoms with Gasteiger partial charge in [-0.2, -0.15) is 5.26 Å². The SMILES string of the molecule is CC(C)CNC(=O)CNc1cc(Cl)ccc1C#N. The zero-order valence-electron chi connectivity index (χ0n) is 10.5. The van der Waals surface area contributed by atoms with Crippen LogP contribution in [0.1, 0.15) is 19.4 Å². The van der Waals surface area contributed by atoms with E-state index in [1.165, 1.54) is 0 Å².